The molecule has 0 bridgehead atoms. The third kappa shape index (κ3) is 6.07. The van der Waals surface area contributed by atoms with Gasteiger partial charge in [0.25, 0.3) is 5.92 Å². The molecule has 3 aromatic carbocycles. The van der Waals surface area contributed by atoms with E-state index in [1.807, 2.05) is 78.9 Å². The number of carbonyl (C=O) groups is 3. The zero-order chi connectivity index (χ0) is 29.1. The second kappa shape index (κ2) is 11.7. The molecule has 0 radical (unpaired) electrons. The van der Waals surface area contributed by atoms with Crippen LogP contribution in [-0.2, 0) is 25.7 Å². The highest BCUT2D eigenvalue weighted by Crippen LogP contribution is 2.44. The van der Waals surface area contributed by atoms with Crippen LogP contribution in [0.25, 0.3) is 11.1 Å². The molecule has 0 aromatic heterocycles. The summed E-state index contributed by atoms with van der Waals surface area (Å²) >= 11 is 0. The van der Waals surface area contributed by atoms with Gasteiger partial charge in [0.2, 0.25) is 5.91 Å². The fourth-order valence-corrected chi connectivity index (χ4v) is 5.49. The number of carbonyl (C=O) groups excluding carboxylic acids is 2. The Balaban J connectivity index is 1.32. The maximum atomic E-state index is 14.2. The Kier molecular flexibility index (Phi) is 8.03. The van der Waals surface area contributed by atoms with Gasteiger partial charge in [-0.1, -0.05) is 78.9 Å². The van der Waals surface area contributed by atoms with Gasteiger partial charge in [-0.15, -0.1) is 0 Å². The van der Waals surface area contributed by atoms with Crippen LogP contribution in [0.1, 0.15) is 36.0 Å². The number of alkyl carbamates (subject to hydrolysis) is 1. The minimum Gasteiger partial charge on any atom is -0.480 e. The fraction of sp³-hybridized carbons (Fsp3) is 0.323. The Bertz CT molecular complexity index is 1390. The number of nitrogens with zero attached hydrogens (tertiary/aromatic N) is 1. The molecule has 1 heterocycles. The number of fused-ring (bicyclic) bond motifs is 3. The number of aliphatic carboxylic acids is 1. The smallest absolute Gasteiger partial charge is 0.407 e. The van der Waals surface area contributed by atoms with Crippen LogP contribution in [0.2, 0.25) is 0 Å². The fourth-order valence-electron chi connectivity index (χ4n) is 5.49. The first kappa shape index (κ1) is 28.2. The van der Waals surface area contributed by atoms with Gasteiger partial charge in [0.15, 0.2) is 0 Å². The van der Waals surface area contributed by atoms with Crippen molar-refractivity contribution >= 4 is 18.0 Å². The van der Waals surface area contributed by atoms with Crippen molar-refractivity contribution in [2.45, 2.75) is 50.0 Å². The Morgan fingerprint density at radius 3 is 2.17 bits per heavy atom. The van der Waals surface area contributed by atoms with Crippen LogP contribution >= 0.6 is 0 Å². The molecular formula is C31H30F2N2O6. The van der Waals surface area contributed by atoms with Crippen molar-refractivity contribution in [3.05, 3.63) is 95.6 Å². The number of amides is 2. The predicted molar refractivity (Wildman–Crippen MR) is 145 cm³/mol. The number of carboxylic acid groups (broad SMARTS) is 1. The van der Waals surface area contributed by atoms with Crippen LogP contribution in [-0.4, -0.2) is 65.2 Å². The van der Waals surface area contributed by atoms with E-state index in [9.17, 15) is 28.3 Å². The van der Waals surface area contributed by atoms with Crippen molar-refractivity contribution < 1.29 is 37.7 Å². The number of halogens is 2. The van der Waals surface area contributed by atoms with Gasteiger partial charge in [-0.2, -0.15) is 0 Å². The molecule has 41 heavy (non-hydrogen) atoms. The monoisotopic (exact) mass is 564 g/mol. The lowest BCUT2D eigenvalue weighted by Gasteiger charge is -2.30. The van der Waals surface area contributed by atoms with E-state index in [1.165, 1.54) is 6.92 Å². The average Bonchev–Trinajstić information content (AvgIpc) is 3.47. The molecule has 5 rings (SSSR count). The normalized spacial score (nSPS) is 18.7. The van der Waals surface area contributed by atoms with E-state index in [1.54, 1.807) is 0 Å². The van der Waals surface area contributed by atoms with E-state index in [2.05, 4.69) is 5.32 Å². The number of likely N-dealkylation sites (tertiary alicyclic amines) is 1. The molecule has 8 nitrogen and oxygen atoms in total. The summed E-state index contributed by atoms with van der Waals surface area (Å²) < 4.78 is 39.8. The maximum absolute atomic E-state index is 14.2. The predicted octanol–water partition coefficient (Wildman–Crippen LogP) is 4.82. The minimum atomic E-state index is -3.37. The highest BCUT2D eigenvalue weighted by Gasteiger charge is 2.52. The molecule has 2 unspecified atom stereocenters. The third-order valence-electron chi connectivity index (χ3n) is 7.55. The molecule has 2 aliphatic rings. The van der Waals surface area contributed by atoms with Gasteiger partial charge in [-0.25, -0.2) is 18.4 Å². The molecule has 1 aliphatic carbocycles. The minimum absolute atomic E-state index is 0.0282. The Hall–Kier alpha value is -4.31. The topological polar surface area (TPSA) is 105 Å². The number of benzene rings is 3. The van der Waals surface area contributed by atoms with Gasteiger partial charge in [0, 0.05) is 12.3 Å². The van der Waals surface area contributed by atoms with Crippen molar-refractivity contribution in [1.82, 2.24) is 10.2 Å². The zero-order valence-corrected chi connectivity index (χ0v) is 22.3. The van der Waals surface area contributed by atoms with E-state index in [-0.39, 0.29) is 19.1 Å². The van der Waals surface area contributed by atoms with Crippen LogP contribution in [0, 0.1) is 0 Å². The second-order valence-electron chi connectivity index (χ2n) is 10.3. The van der Waals surface area contributed by atoms with E-state index in [4.69, 9.17) is 9.47 Å². The number of carboxylic acids is 1. The molecular weight excluding hydrogens is 534 g/mol. The zero-order valence-electron chi connectivity index (χ0n) is 22.3. The number of hydrogen-bond acceptors (Lipinski definition) is 5. The highest BCUT2D eigenvalue weighted by atomic mass is 19.3. The Morgan fingerprint density at radius 2 is 1.56 bits per heavy atom. The van der Waals surface area contributed by atoms with Gasteiger partial charge in [0.1, 0.15) is 18.7 Å². The molecule has 0 saturated carbocycles. The summed E-state index contributed by atoms with van der Waals surface area (Å²) in [5.74, 6) is -6.14. The largest absolute Gasteiger partial charge is 0.480 e. The van der Waals surface area contributed by atoms with Gasteiger partial charge in [-0.05, 0) is 34.7 Å². The van der Waals surface area contributed by atoms with Gasteiger partial charge >= 0.3 is 12.1 Å². The molecule has 0 spiro atoms. The molecule has 2 amide bonds. The summed E-state index contributed by atoms with van der Waals surface area (Å²) in [7, 11) is 0. The number of ether oxygens (including phenoxy) is 2. The highest BCUT2D eigenvalue weighted by molar-refractivity contribution is 5.90. The van der Waals surface area contributed by atoms with E-state index in [0.717, 1.165) is 27.8 Å². The maximum Gasteiger partial charge on any atom is 0.407 e. The molecule has 1 saturated heterocycles. The van der Waals surface area contributed by atoms with Crippen LogP contribution < -0.4 is 5.32 Å². The SMILES string of the molecule is CC(OCc1ccccc1)C(NC(=O)OCC1c2ccccc2-c2ccccc21)C(=O)N1CC(F)(F)C[C@H]1C(=O)O. The van der Waals surface area contributed by atoms with Crippen molar-refractivity contribution in [2.75, 3.05) is 13.2 Å². The average molecular weight is 565 g/mol. The summed E-state index contributed by atoms with van der Waals surface area (Å²) in [6.07, 6.45) is -2.95. The number of rotatable bonds is 9. The second-order valence-corrected chi connectivity index (χ2v) is 10.3. The first-order valence-electron chi connectivity index (χ1n) is 13.3. The third-order valence-corrected chi connectivity index (χ3v) is 7.55. The van der Waals surface area contributed by atoms with Gasteiger partial charge < -0.3 is 24.8 Å². The number of alkyl halides is 2. The van der Waals surface area contributed by atoms with Crippen molar-refractivity contribution in [1.29, 1.82) is 0 Å². The standard InChI is InChI=1S/C31H30F2N2O6/c1-19(40-16-20-9-3-2-4-10-20)27(28(36)35-18-31(32,33)15-26(35)29(37)38)34-30(39)41-17-25-23-13-7-5-11-21(23)22-12-6-8-14-24(22)25/h2-14,19,25-27H,15-18H2,1H3,(H,34,39)(H,37,38)/t19?,26-,27?/m0/s1. The van der Waals surface area contributed by atoms with E-state index >= 15 is 0 Å². The van der Waals surface area contributed by atoms with Crippen LogP contribution in [0.4, 0.5) is 13.6 Å². The van der Waals surface area contributed by atoms with E-state index in [0.29, 0.717) is 4.90 Å². The quantitative estimate of drug-likeness (QED) is 0.386. The summed E-state index contributed by atoms with van der Waals surface area (Å²) in [5, 5.41) is 12.0. The molecule has 214 valence electrons. The summed E-state index contributed by atoms with van der Waals surface area (Å²) in [5.41, 5.74) is 4.88. The van der Waals surface area contributed by atoms with Crippen LogP contribution in [0.5, 0.6) is 0 Å². The first-order valence-corrected chi connectivity index (χ1v) is 13.3. The van der Waals surface area contributed by atoms with Crippen LogP contribution in [0.3, 0.4) is 0 Å². The summed E-state index contributed by atoms with van der Waals surface area (Å²) in [6, 6.07) is 21.5. The summed E-state index contributed by atoms with van der Waals surface area (Å²) in [4.78, 5) is 38.9. The molecule has 1 aliphatic heterocycles. The molecule has 1 fully saturated rings. The van der Waals surface area contributed by atoms with Crippen molar-refractivity contribution in [3.8, 4) is 11.1 Å². The summed E-state index contributed by atoms with van der Waals surface area (Å²) in [6.45, 7) is 0.493. The molecule has 2 N–H and O–H groups in total. The van der Waals surface area contributed by atoms with Crippen molar-refractivity contribution in [3.63, 3.8) is 0 Å². The first-order chi connectivity index (χ1) is 19.6. The van der Waals surface area contributed by atoms with E-state index < -0.39 is 55.0 Å². The lowest BCUT2D eigenvalue weighted by Crippen LogP contribution is -2.56. The lowest BCUT2D eigenvalue weighted by atomic mass is 9.98. The number of nitrogens with one attached hydrogen (secondary N) is 1. The molecule has 3 aromatic rings. The lowest BCUT2D eigenvalue weighted by molar-refractivity contribution is -0.150. The Labute approximate surface area is 235 Å². The van der Waals surface area contributed by atoms with Crippen LogP contribution in [0.15, 0.2) is 78.9 Å². The van der Waals surface area contributed by atoms with Gasteiger partial charge in [-0.3, -0.25) is 4.79 Å². The van der Waals surface area contributed by atoms with Gasteiger partial charge in [0.05, 0.1) is 19.3 Å². The molecule has 10 heteroatoms. The molecule has 3 atom stereocenters. The number of hydrogen-bond donors (Lipinski definition) is 2. The van der Waals surface area contributed by atoms with Crippen molar-refractivity contribution in [2.24, 2.45) is 0 Å². The Morgan fingerprint density at radius 1 is 0.976 bits per heavy atom.